The third-order valence-corrected chi connectivity index (χ3v) is 13.4. The highest BCUT2D eigenvalue weighted by Gasteiger charge is 2.62. The highest BCUT2D eigenvalue weighted by molar-refractivity contribution is 7.91. The van der Waals surface area contributed by atoms with Crippen molar-refractivity contribution in [1.29, 1.82) is 0 Å². The first-order valence-corrected chi connectivity index (χ1v) is 22.0. The van der Waals surface area contributed by atoms with Crippen LogP contribution in [0.15, 0.2) is 60.7 Å². The van der Waals surface area contributed by atoms with Crippen LogP contribution in [0.2, 0.25) is 0 Å². The number of unbranched alkanes of at least 4 members (excludes halogenated alkanes) is 1. The molecule has 3 fully saturated rings. The lowest BCUT2D eigenvalue weighted by atomic mass is 10.1. The summed E-state index contributed by atoms with van der Waals surface area (Å²) in [4.78, 5) is 62.1. The average molecular weight is 800 g/mol. The maximum absolute atomic E-state index is 14.6. The van der Waals surface area contributed by atoms with Gasteiger partial charge in [0.05, 0.1) is 29.6 Å². The fourth-order valence-electron chi connectivity index (χ4n) is 8.00. The molecule has 13 nitrogen and oxygen atoms in total. The molecule has 1 saturated heterocycles. The maximum Gasteiger partial charge on any atom is 0.407 e. The summed E-state index contributed by atoms with van der Waals surface area (Å²) in [5, 5.41) is 5.85. The Morgan fingerprint density at radius 1 is 1.04 bits per heavy atom. The molecule has 2 aliphatic heterocycles. The lowest BCUT2D eigenvalue weighted by Crippen LogP contribution is -2.58. The molecule has 0 spiro atoms. The van der Waals surface area contributed by atoms with Gasteiger partial charge in [-0.15, -0.1) is 0 Å². The highest BCUT2D eigenvalue weighted by Crippen LogP contribution is 2.47. The number of cyclic esters (lactones) is 1. The first-order valence-electron chi connectivity index (χ1n) is 20.5. The lowest BCUT2D eigenvalue weighted by Gasteiger charge is -2.29. The van der Waals surface area contributed by atoms with E-state index in [0.29, 0.717) is 50.0 Å². The Bertz CT molecular complexity index is 2120. The van der Waals surface area contributed by atoms with Gasteiger partial charge in [-0.25, -0.2) is 18.2 Å². The molecule has 0 unspecified atom stereocenters. The minimum absolute atomic E-state index is 0.0206. The van der Waals surface area contributed by atoms with Gasteiger partial charge < -0.3 is 25.0 Å². The zero-order valence-corrected chi connectivity index (χ0v) is 33.5. The summed E-state index contributed by atoms with van der Waals surface area (Å²) in [7, 11) is -3.87. The fraction of sp³-hybridized carbons (Fsp3) is 0.512. The van der Waals surface area contributed by atoms with Crippen LogP contribution in [0.5, 0.6) is 5.75 Å². The minimum Gasteiger partial charge on any atom is -0.488 e. The number of amides is 4. The predicted molar refractivity (Wildman–Crippen MR) is 216 cm³/mol. The Morgan fingerprint density at radius 2 is 1.84 bits per heavy atom. The molecule has 4 aliphatic rings. The largest absolute Gasteiger partial charge is 0.488 e. The number of carbonyl (C=O) groups is 4. The van der Waals surface area contributed by atoms with Crippen molar-refractivity contribution in [2.75, 3.05) is 13.2 Å². The van der Waals surface area contributed by atoms with Gasteiger partial charge >= 0.3 is 6.09 Å². The predicted octanol–water partition coefficient (Wildman–Crippen LogP) is 6.02. The van der Waals surface area contributed by atoms with Crippen molar-refractivity contribution in [1.82, 2.24) is 25.2 Å². The van der Waals surface area contributed by atoms with Crippen molar-refractivity contribution in [3.05, 3.63) is 66.2 Å². The van der Waals surface area contributed by atoms with Gasteiger partial charge in [0.15, 0.2) is 0 Å². The van der Waals surface area contributed by atoms with Crippen LogP contribution in [0.3, 0.4) is 0 Å². The van der Waals surface area contributed by atoms with Gasteiger partial charge in [-0.1, -0.05) is 81.7 Å². The zero-order chi connectivity index (χ0) is 40.2. The van der Waals surface area contributed by atoms with Gasteiger partial charge in [0, 0.05) is 23.4 Å². The molecule has 3 heterocycles. The Kier molecular flexibility index (Phi) is 12.2. The van der Waals surface area contributed by atoms with E-state index in [0.717, 1.165) is 47.7 Å². The number of fused-ring (bicyclic) bond motifs is 3. The molecule has 57 heavy (non-hydrogen) atoms. The van der Waals surface area contributed by atoms with Crippen LogP contribution >= 0.6 is 0 Å². The van der Waals surface area contributed by atoms with Crippen LogP contribution in [-0.2, 0) is 29.1 Å². The third-order valence-electron chi connectivity index (χ3n) is 11.5. The molecule has 5 atom stereocenters. The van der Waals surface area contributed by atoms with Crippen molar-refractivity contribution >= 4 is 50.8 Å². The van der Waals surface area contributed by atoms with Gasteiger partial charge in [-0.3, -0.25) is 19.1 Å². The maximum atomic E-state index is 14.6. The van der Waals surface area contributed by atoms with Crippen LogP contribution in [0.1, 0.15) is 96.5 Å². The molecule has 4 bridgehead atoms. The van der Waals surface area contributed by atoms with Crippen molar-refractivity contribution < 1.29 is 37.1 Å². The number of nitrogens with one attached hydrogen (secondary N) is 3. The standard InChI is InChI=1S/C43H53N5O8S/c1-3-5-17-35-40(50)48-27-31(24-37(48)39(49)46-43(26-30(43)4-2)41(51)47-57(53,54)32-19-20-32)56-38-25-36(29-15-11-9-12-16-29)44-34-21-18-28(23-33(34)38)14-10-7-6-8-13-22-55-42(52)45-35/h9-12,14-16,18,21,23,25,30-32,35,37H,3-8,13,17,19-20,22,24,26-27H2,1-2H3,(H,45,52)(H,46,49)(H,47,51)/b14-10+/t30-,31+,35-,37-,43+/m0/s1. The number of pyridine rings is 1. The minimum atomic E-state index is -3.87. The van der Waals surface area contributed by atoms with Crippen molar-refractivity contribution in [2.45, 2.75) is 120 Å². The number of benzene rings is 2. The van der Waals surface area contributed by atoms with Crippen LogP contribution in [0.4, 0.5) is 4.79 Å². The van der Waals surface area contributed by atoms with Crippen LogP contribution < -0.4 is 20.1 Å². The topological polar surface area (TPSA) is 173 Å². The number of hydrogen-bond donors (Lipinski definition) is 3. The summed E-state index contributed by atoms with van der Waals surface area (Å²) in [6, 6.07) is 15.6. The first-order chi connectivity index (χ1) is 27.5. The van der Waals surface area contributed by atoms with Crippen molar-refractivity contribution in [3.8, 4) is 17.0 Å². The average Bonchev–Trinajstić information content (AvgIpc) is 4.14. The van der Waals surface area contributed by atoms with E-state index in [9.17, 15) is 27.6 Å². The second-order valence-electron chi connectivity index (χ2n) is 15.8. The van der Waals surface area contributed by atoms with E-state index < -0.39 is 62.8 Å². The fourth-order valence-corrected chi connectivity index (χ4v) is 9.36. The molecule has 7 rings (SSSR count). The monoisotopic (exact) mass is 799 g/mol. The lowest BCUT2D eigenvalue weighted by molar-refractivity contribution is -0.141. The van der Waals surface area contributed by atoms with Gasteiger partial charge in [0.1, 0.15) is 29.5 Å². The summed E-state index contributed by atoms with van der Waals surface area (Å²) < 4.78 is 40.1. The number of rotatable bonds is 10. The molecule has 0 radical (unpaired) electrons. The van der Waals surface area contributed by atoms with Crippen LogP contribution in [0.25, 0.3) is 28.2 Å². The summed E-state index contributed by atoms with van der Waals surface area (Å²) in [6.07, 6.45) is 9.73. The number of ether oxygens (including phenoxy) is 2. The second-order valence-corrected chi connectivity index (χ2v) is 17.8. The smallest absolute Gasteiger partial charge is 0.407 e. The van der Waals surface area contributed by atoms with E-state index >= 15 is 0 Å². The number of aromatic nitrogens is 1. The molecule has 2 aromatic carbocycles. The first kappa shape index (κ1) is 40.2. The van der Waals surface area contributed by atoms with Gasteiger partial charge in [0.2, 0.25) is 21.8 Å². The van der Waals surface area contributed by atoms with E-state index in [2.05, 4.69) is 27.5 Å². The van der Waals surface area contributed by atoms with E-state index in [1.165, 1.54) is 4.90 Å². The Hall–Kier alpha value is -4.98. The molecule has 4 amide bonds. The Morgan fingerprint density at radius 3 is 2.58 bits per heavy atom. The second kappa shape index (κ2) is 17.3. The summed E-state index contributed by atoms with van der Waals surface area (Å²) in [5.74, 6) is -1.54. The third kappa shape index (κ3) is 9.27. The van der Waals surface area contributed by atoms with Gasteiger partial charge in [-0.2, -0.15) is 0 Å². The molecule has 2 aliphatic carbocycles. The highest BCUT2D eigenvalue weighted by atomic mass is 32.2. The number of hydrogen-bond acceptors (Lipinski definition) is 9. The Balaban J connectivity index is 1.24. The molecule has 2 saturated carbocycles. The zero-order valence-electron chi connectivity index (χ0n) is 32.7. The van der Waals surface area contributed by atoms with E-state index in [4.69, 9.17) is 14.5 Å². The Labute approximate surface area is 334 Å². The molecular formula is C43H53N5O8S. The molecule has 3 N–H and O–H groups in total. The summed E-state index contributed by atoms with van der Waals surface area (Å²) in [6.45, 7) is 4.10. The molecule has 3 aromatic rings. The van der Waals surface area contributed by atoms with Crippen LogP contribution in [-0.4, -0.2) is 84.2 Å². The SMILES string of the molecule is CCCC[C@@H]1NC(=O)OCCCCC/C=C/c2ccc3nc(-c4ccccc4)cc(c3c2)O[C@@H]2C[C@@H](C(=O)N[C@]3(C(=O)NS(=O)(=O)C4CC4)C[C@@H]3CC)N(C2)C1=O. The molecular weight excluding hydrogens is 747 g/mol. The number of nitrogens with zero attached hydrogens (tertiary/aromatic N) is 2. The van der Waals surface area contributed by atoms with Gasteiger partial charge in [-0.05, 0) is 75.0 Å². The van der Waals surface area contributed by atoms with E-state index in [1.54, 1.807) is 0 Å². The number of alkyl carbamates (subject to hydrolysis) is 1. The van der Waals surface area contributed by atoms with Crippen molar-refractivity contribution in [2.24, 2.45) is 5.92 Å². The van der Waals surface area contributed by atoms with Crippen molar-refractivity contribution in [3.63, 3.8) is 0 Å². The van der Waals surface area contributed by atoms with Gasteiger partial charge in [0.25, 0.3) is 5.91 Å². The molecule has 14 heteroatoms. The summed E-state index contributed by atoms with van der Waals surface area (Å²) >= 11 is 0. The number of sulfonamides is 1. The molecule has 1 aromatic heterocycles. The number of allylic oxidation sites excluding steroid dienone is 1. The van der Waals surface area contributed by atoms with E-state index in [-0.39, 0.29) is 31.9 Å². The number of carbonyl (C=O) groups excluding carboxylic acids is 4. The quantitative estimate of drug-likeness (QED) is 0.222. The summed E-state index contributed by atoms with van der Waals surface area (Å²) in [5.41, 5.74) is 1.87. The van der Waals surface area contributed by atoms with E-state index in [1.807, 2.05) is 68.4 Å². The van der Waals surface area contributed by atoms with Crippen LogP contribution in [0, 0.1) is 5.92 Å². The molecule has 304 valence electrons. The normalized spacial score (nSPS) is 26.2.